The lowest BCUT2D eigenvalue weighted by Crippen LogP contribution is -2.23. The van der Waals surface area contributed by atoms with Crippen LogP contribution in [-0.2, 0) is 0 Å². The van der Waals surface area contributed by atoms with Crippen molar-refractivity contribution in [3.05, 3.63) is 29.8 Å². The van der Waals surface area contributed by atoms with E-state index in [2.05, 4.69) is 5.32 Å². The minimum absolute atomic E-state index is 0.300. The first-order valence-electron chi connectivity index (χ1n) is 4.51. The van der Waals surface area contributed by atoms with Crippen LogP contribution in [0.2, 0.25) is 0 Å². The molecular weight excluding hydrogens is 212 g/mol. The molecule has 0 aliphatic heterocycles. The summed E-state index contributed by atoms with van der Waals surface area (Å²) in [7, 11) is 2.68. The normalized spacial score (nSPS) is 9.44. The van der Waals surface area contributed by atoms with Gasteiger partial charge in [-0.1, -0.05) is 0 Å². The van der Waals surface area contributed by atoms with E-state index in [1.165, 1.54) is 38.4 Å². The zero-order valence-electron chi connectivity index (χ0n) is 8.93. The molecule has 0 radical (unpaired) electrons. The lowest BCUT2D eigenvalue weighted by atomic mass is 10.2. The summed E-state index contributed by atoms with van der Waals surface area (Å²) >= 11 is 0. The molecule has 0 heterocycles. The molecule has 6 nitrogen and oxygen atoms in total. The number of hydrogen-bond donors (Lipinski definition) is 2. The van der Waals surface area contributed by atoms with Crippen LogP contribution in [-0.4, -0.2) is 36.4 Å². The second-order valence-electron chi connectivity index (χ2n) is 2.99. The number of ether oxygens (including phenoxy) is 1. The maximum Gasteiger partial charge on any atom is 0.412 e. The predicted molar refractivity (Wildman–Crippen MR) is 55.4 cm³/mol. The molecule has 2 amide bonds. The number of hydroxylamine groups is 2. The molecule has 0 bridgehead atoms. The first-order valence-corrected chi connectivity index (χ1v) is 4.51. The van der Waals surface area contributed by atoms with Crippen molar-refractivity contribution in [3.8, 4) is 5.75 Å². The van der Waals surface area contributed by atoms with E-state index >= 15 is 0 Å². The standard InChI is InChI=1S/C10H12N2O4/c1-11-10(14)16-8-5-3-7(4-6-8)9(13)12(2)15/h3-6,15H,1-2H3,(H,11,14). The number of nitrogens with one attached hydrogen (secondary N) is 1. The fourth-order valence-electron chi connectivity index (χ4n) is 1.01. The summed E-state index contributed by atoms with van der Waals surface area (Å²) in [6.45, 7) is 0. The summed E-state index contributed by atoms with van der Waals surface area (Å²) in [6.07, 6.45) is -0.585. The number of amides is 2. The smallest absolute Gasteiger partial charge is 0.410 e. The summed E-state index contributed by atoms with van der Waals surface area (Å²) < 4.78 is 4.82. The average Bonchev–Trinajstić information content (AvgIpc) is 2.28. The SMILES string of the molecule is CNC(=O)Oc1ccc(C(=O)N(C)O)cc1. The van der Waals surface area contributed by atoms with Crippen molar-refractivity contribution >= 4 is 12.0 Å². The molecule has 0 saturated heterocycles. The molecule has 1 aromatic rings. The van der Waals surface area contributed by atoms with Gasteiger partial charge in [-0.05, 0) is 24.3 Å². The Morgan fingerprint density at radius 2 is 1.88 bits per heavy atom. The van der Waals surface area contributed by atoms with Crippen LogP contribution in [0.25, 0.3) is 0 Å². The van der Waals surface area contributed by atoms with E-state index in [0.29, 0.717) is 16.4 Å². The fraction of sp³-hybridized carbons (Fsp3) is 0.200. The molecule has 0 unspecified atom stereocenters. The van der Waals surface area contributed by atoms with Gasteiger partial charge in [-0.25, -0.2) is 9.86 Å². The summed E-state index contributed by atoms with van der Waals surface area (Å²) in [5.74, 6) is -0.219. The number of benzene rings is 1. The highest BCUT2D eigenvalue weighted by Gasteiger charge is 2.09. The third-order valence-corrected chi connectivity index (χ3v) is 1.81. The second kappa shape index (κ2) is 5.13. The molecule has 2 N–H and O–H groups in total. The Hall–Kier alpha value is -2.08. The Labute approximate surface area is 92.4 Å². The second-order valence-corrected chi connectivity index (χ2v) is 2.99. The van der Waals surface area contributed by atoms with Crippen molar-refractivity contribution in [1.29, 1.82) is 0 Å². The van der Waals surface area contributed by atoms with E-state index in [1.807, 2.05) is 0 Å². The monoisotopic (exact) mass is 224 g/mol. The predicted octanol–water partition coefficient (Wildman–Crippen LogP) is 0.866. The van der Waals surface area contributed by atoms with E-state index in [1.54, 1.807) is 0 Å². The maximum atomic E-state index is 11.3. The zero-order valence-corrected chi connectivity index (χ0v) is 8.93. The highest BCUT2D eigenvalue weighted by molar-refractivity contribution is 5.93. The van der Waals surface area contributed by atoms with Crippen molar-refractivity contribution in [2.24, 2.45) is 0 Å². The largest absolute Gasteiger partial charge is 0.412 e. The number of carbonyl (C=O) groups excluding carboxylic acids is 2. The molecular formula is C10H12N2O4. The number of carbonyl (C=O) groups is 2. The van der Waals surface area contributed by atoms with Gasteiger partial charge < -0.3 is 10.1 Å². The van der Waals surface area contributed by atoms with Gasteiger partial charge in [0.05, 0.1) is 0 Å². The van der Waals surface area contributed by atoms with Crippen LogP contribution in [0, 0.1) is 0 Å². The van der Waals surface area contributed by atoms with Crippen molar-refractivity contribution in [2.75, 3.05) is 14.1 Å². The van der Waals surface area contributed by atoms with Gasteiger partial charge >= 0.3 is 6.09 Å². The van der Waals surface area contributed by atoms with E-state index in [9.17, 15) is 9.59 Å². The lowest BCUT2D eigenvalue weighted by Gasteiger charge is -2.08. The molecule has 16 heavy (non-hydrogen) atoms. The maximum absolute atomic E-state index is 11.3. The molecule has 1 aromatic carbocycles. The van der Waals surface area contributed by atoms with E-state index in [0.717, 1.165) is 0 Å². The van der Waals surface area contributed by atoms with Crippen LogP contribution in [0.5, 0.6) is 5.75 Å². The Morgan fingerprint density at radius 3 is 2.31 bits per heavy atom. The lowest BCUT2D eigenvalue weighted by molar-refractivity contribution is -0.0374. The van der Waals surface area contributed by atoms with Crippen LogP contribution >= 0.6 is 0 Å². The Morgan fingerprint density at radius 1 is 1.31 bits per heavy atom. The molecule has 86 valence electrons. The van der Waals surface area contributed by atoms with E-state index < -0.39 is 12.0 Å². The number of nitrogens with zero attached hydrogens (tertiary/aromatic N) is 1. The van der Waals surface area contributed by atoms with E-state index in [4.69, 9.17) is 9.94 Å². The Bertz CT molecular complexity index is 386. The quantitative estimate of drug-likeness (QED) is 0.577. The van der Waals surface area contributed by atoms with Crippen molar-refractivity contribution in [1.82, 2.24) is 10.4 Å². The van der Waals surface area contributed by atoms with Crippen LogP contribution < -0.4 is 10.1 Å². The first-order chi connectivity index (χ1) is 7.54. The third kappa shape index (κ3) is 2.96. The van der Waals surface area contributed by atoms with Gasteiger partial charge in [0, 0.05) is 19.7 Å². The molecule has 6 heteroatoms. The minimum atomic E-state index is -0.585. The summed E-state index contributed by atoms with van der Waals surface area (Å²) in [5, 5.41) is 11.7. The molecule has 0 aliphatic rings. The number of rotatable bonds is 2. The first kappa shape index (κ1) is 12.0. The number of hydrogen-bond acceptors (Lipinski definition) is 4. The summed E-state index contributed by atoms with van der Waals surface area (Å²) in [5.41, 5.74) is 0.300. The summed E-state index contributed by atoms with van der Waals surface area (Å²) in [6, 6.07) is 5.83. The summed E-state index contributed by atoms with van der Waals surface area (Å²) in [4.78, 5) is 22.1. The molecule has 1 rings (SSSR count). The van der Waals surface area contributed by atoms with Crippen molar-refractivity contribution in [3.63, 3.8) is 0 Å². The van der Waals surface area contributed by atoms with Gasteiger partial charge in [0.2, 0.25) is 0 Å². The minimum Gasteiger partial charge on any atom is -0.410 e. The van der Waals surface area contributed by atoms with Crippen molar-refractivity contribution < 1.29 is 19.5 Å². The van der Waals surface area contributed by atoms with Gasteiger partial charge in [0.15, 0.2) is 0 Å². The van der Waals surface area contributed by atoms with Gasteiger partial charge in [0.1, 0.15) is 5.75 Å². The topological polar surface area (TPSA) is 78.9 Å². The van der Waals surface area contributed by atoms with Gasteiger partial charge in [0.25, 0.3) is 5.91 Å². The molecule has 0 spiro atoms. The van der Waals surface area contributed by atoms with Gasteiger partial charge in [-0.2, -0.15) is 0 Å². The van der Waals surface area contributed by atoms with Crippen LogP contribution in [0.3, 0.4) is 0 Å². The van der Waals surface area contributed by atoms with Crippen LogP contribution in [0.15, 0.2) is 24.3 Å². The molecule has 0 fully saturated rings. The van der Waals surface area contributed by atoms with Crippen LogP contribution in [0.4, 0.5) is 4.79 Å². The molecule has 0 aliphatic carbocycles. The molecule has 0 atom stereocenters. The Kier molecular flexibility index (Phi) is 3.84. The highest BCUT2D eigenvalue weighted by atomic mass is 16.6. The molecule has 0 saturated carbocycles. The van der Waals surface area contributed by atoms with Gasteiger partial charge in [-0.3, -0.25) is 10.0 Å². The molecule has 0 aromatic heterocycles. The van der Waals surface area contributed by atoms with Crippen LogP contribution in [0.1, 0.15) is 10.4 Å². The van der Waals surface area contributed by atoms with E-state index in [-0.39, 0.29) is 0 Å². The van der Waals surface area contributed by atoms with Crippen molar-refractivity contribution in [2.45, 2.75) is 0 Å². The average molecular weight is 224 g/mol. The third-order valence-electron chi connectivity index (χ3n) is 1.81. The van der Waals surface area contributed by atoms with Gasteiger partial charge in [-0.15, -0.1) is 0 Å². The Balaban J connectivity index is 2.75. The zero-order chi connectivity index (χ0) is 12.1. The highest BCUT2D eigenvalue weighted by Crippen LogP contribution is 2.13. The fourth-order valence-corrected chi connectivity index (χ4v) is 1.01.